The molecule has 0 spiro atoms. The van der Waals surface area contributed by atoms with Gasteiger partial charge in [-0.3, -0.25) is 0 Å². The fraction of sp³-hybridized carbons (Fsp3) is 0.0714. The van der Waals surface area contributed by atoms with Crippen LogP contribution in [0.2, 0.25) is 10.0 Å². The van der Waals surface area contributed by atoms with Gasteiger partial charge in [-0.05, 0) is 55.0 Å². The minimum atomic E-state index is 0.450. The molecule has 0 radical (unpaired) electrons. The third kappa shape index (κ3) is 3.85. The van der Waals surface area contributed by atoms with E-state index < -0.39 is 0 Å². The molecule has 0 saturated carbocycles. The smallest absolute Gasteiger partial charge is 0.175 e. The quantitative estimate of drug-likeness (QED) is 0.627. The van der Waals surface area contributed by atoms with Gasteiger partial charge in [-0.15, -0.1) is 0 Å². The molecular weight excluding hydrogens is 379 g/mol. The van der Waals surface area contributed by atoms with Gasteiger partial charge in [0.1, 0.15) is 0 Å². The highest BCUT2D eigenvalue weighted by atomic mass is 79.9. The average molecular weight is 390 g/mol. The summed E-state index contributed by atoms with van der Waals surface area (Å²) in [4.78, 5) is 0. The largest absolute Gasteiger partial charge is 0.332 e. The van der Waals surface area contributed by atoms with Gasteiger partial charge in [0.2, 0.25) is 0 Å². The van der Waals surface area contributed by atoms with Crippen LogP contribution < -0.4 is 10.6 Å². The number of halogens is 3. The lowest BCUT2D eigenvalue weighted by molar-refractivity contribution is 1.44. The molecule has 0 aromatic heterocycles. The van der Waals surface area contributed by atoms with E-state index in [2.05, 4.69) is 26.6 Å². The summed E-state index contributed by atoms with van der Waals surface area (Å²) >= 11 is 20.8. The first-order chi connectivity index (χ1) is 9.47. The number of rotatable bonds is 2. The number of benzene rings is 2. The molecule has 0 amide bonds. The summed E-state index contributed by atoms with van der Waals surface area (Å²) < 4.78 is 1.03. The molecule has 0 heterocycles. The van der Waals surface area contributed by atoms with Gasteiger partial charge in [0, 0.05) is 10.2 Å². The Bertz CT molecular complexity index is 662. The topological polar surface area (TPSA) is 24.1 Å². The summed E-state index contributed by atoms with van der Waals surface area (Å²) in [6.07, 6.45) is 0. The van der Waals surface area contributed by atoms with Crippen molar-refractivity contribution in [2.45, 2.75) is 6.92 Å². The molecule has 0 unspecified atom stereocenters. The van der Waals surface area contributed by atoms with Gasteiger partial charge < -0.3 is 10.6 Å². The summed E-state index contributed by atoms with van der Waals surface area (Å²) in [6, 6.07) is 11.3. The summed E-state index contributed by atoms with van der Waals surface area (Å²) in [6.45, 7) is 2.00. The molecule has 2 rings (SSSR count). The summed E-state index contributed by atoms with van der Waals surface area (Å²) in [7, 11) is 0. The van der Waals surface area contributed by atoms with Crippen LogP contribution in [0.5, 0.6) is 0 Å². The van der Waals surface area contributed by atoms with E-state index in [9.17, 15) is 0 Å². The SMILES string of the molecule is Cc1cc(Br)ccc1NC(=S)Nc1cccc(Cl)c1Cl. The van der Waals surface area contributed by atoms with E-state index in [1.54, 1.807) is 6.07 Å². The lowest BCUT2D eigenvalue weighted by atomic mass is 10.2. The molecule has 104 valence electrons. The molecular formula is C14H11BrCl2N2S. The van der Waals surface area contributed by atoms with Crippen molar-refractivity contribution in [2.75, 3.05) is 10.6 Å². The van der Waals surface area contributed by atoms with Crippen LogP contribution in [0.15, 0.2) is 40.9 Å². The Hall–Kier alpha value is -0.810. The molecule has 0 atom stereocenters. The molecule has 0 saturated heterocycles. The molecule has 20 heavy (non-hydrogen) atoms. The van der Waals surface area contributed by atoms with Crippen LogP contribution in [-0.2, 0) is 0 Å². The van der Waals surface area contributed by atoms with E-state index in [0.29, 0.717) is 20.8 Å². The second-order valence-electron chi connectivity index (χ2n) is 4.14. The highest BCUT2D eigenvalue weighted by Crippen LogP contribution is 2.29. The second-order valence-corrected chi connectivity index (χ2v) is 6.25. The number of aryl methyl sites for hydroxylation is 1. The predicted octanol–water partition coefficient (Wildman–Crippen LogP) is 5.87. The van der Waals surface area contributed by atoms with Gasteiger partial charge >= 0.3 is 0 Å². The van der Waals surface area contributed by atoms with Crippen molar-refractivity contribution in [3.8, 4) is 0 Å². The summed E-state index contributed by atoms with van der Waals surface area (Å²) in [5.74, 6) is 0. The normalized spacial score (nSPS) is 10.2. The molecule has 6 heteroatoms. The maximum absolute atomic E-state index is 6.10. The van der Waals surface area contributed by atoms with Gasteiger partial charge in [-0.1, -0.05) is 45.2 Å². The molecule has 2 aromatic carbocycles. The van der Waals surface area contributed by atoms with Crippen molar-refractivity contribution >= 4 is 67.8 Å². The van der Waals surface area contributed by atoms with E-state index >= 15 is 0 Å². The van der Waals surface area contributed by atoms with Crippen LogP contribution in [0.25, 0.3) is 0 Å². The zero-order valence-corrected chi connectivity index (χ0v) is 14.4. The van der Waals surface area contributed by atoms with Crippen LogP contribution in [0, 0.1) is 6.92 Å². The number of thiocarbonyl (C=S) groups is 1. The average Bonchev–Trinajstić information content (AvgIpc) is 2.38. The molecule has 2 nitrogen and oxygen atoms in total. The zero-order valence-electron chi connectivity index (χ0n) is 10.5. The standard InChI is InChI=1S/C14H11BrCl2N2S/c1-8-7-9(15)5-6-11(8)18-14(20)19-12-4-2-3-10(16)13(12)17/h2-7H,1H3,(H2,18,19,20). The number of hydrogen-bond acceptors (Lipinski definition) is 1. The van der Waals surface area contributed by atoms with Crippen LogP contribution in [0.1, 0.15) is 5.56 Å². The van der Waals surface area contributed by atoms with E-state index in [-0.39, 0.29) is 0 Å². The van der Waals surface area contributed by atoms with Crippen LogP contribution in [0.4, 0.5) is 11.4 Å². The van der Waals surface area contributed by atoms with Crippen molar-refractivity contribution in [2.24, 2.45) is 0 Å². The first kappa shape index (κ1) is 15.6. The minimum absolute atomic E-state index is 0.450. The Kier molecular flexibility index (Phi) is 5.27. The molecule has 0 aliphatic rings. The Balaban J connectivity index is 2.11. The van der Waals surface area contributed by atoms with Crippen LogP contribution in [-0.4, -0.2) is 5.11 Å². The maximum Gasteiger partial charge on any atom is 0.175 e. The predicted molar refractivity (Wildman–Crippen MR) is 95.2 cm³/mol. The third-order valence-corrected chi connectivity index (χ3v) is 4.15. The van der Waals surface area contributed by atoms with Gasteiger partial charge in [0.15, 0.2) is 5.11 Å². The molecule has 0 bridgehead atoms. The number of hydrogen-bond donors (Lipinski definition) is 2. The fourth-order valence-electron chi connectivity index (χ4n) is 1.64. The van der Waals surface area contributed by atoms with Gasteiger partial charge in [0.05, 0.1) is 15.7 Å². The number of nitrogens with one attached hydrogen (secondary N) is 2. The Morgan fingerprint density at radius 3 is 2.50 bits per heavy atom. The number of anilines is 2. The molecule has 0 aliphatic carbocycles. The molecule has 2 aromatic rings. The van der Waals surface area contributed by atoms with E-state index in [4.69, 9.17) is 35.4 Å². The highest BCUT2D eigenvalue weighted by molar-refractivity contribution is 9.10. The van der Waals surface area contributed by atoms with Crippen LogP contribution >= 0.6 is 51.3 Å². The van der Waals surface area contributed by atoms with Gasteiger partial charge in [0.25, 0.3) is 0 Å². The van der Waals surface area contributed by atoms with E-state index in [0.717, 1.165) is 15.7 Å². The van der Waals surface area contributed by atoms with E-state index in [1.165, 1.54) is 0 Å². The Morgan fingerprint density at radius 1 is 1.10 bits per heavy atom. The monoisotopic (exact) mass is 388 g/mol. The highest BCUT2D eigenvalue weighted by Gasteiger charge is 2.07. The first-order valence-electron chi connectivity index (χ1n) is 5.75. The van der Waals surface area contributed by atoms with Crippen molar-refractivity contribution < 1.29 is 0 Å². The minimum Gasteiger partial charge on any atom is -0.332 e. The molecule has 0 fully saturated rings. The van der Waals surface area contributed by atoms with Crippen molar-refractivity contribution in [3.63, 3.8) is 0 Å². The summed E-state index contributed by atoms with van der Waals surface area (Å²) in [5, 5.41) is 7.56. The van der Waals surface area contributed by atoms with Gasteiger partial charge in [-0.25, -0.2) is 0 Å². The van der Waals surface area contributed by atoms with Gasteiger partial charge in [-0.2, -0.15) is 0 Å². The van der Waals surface area contributed by atoms with Crippen LogP contribution in [0.3, 0.4) is 0 Å². The maximum atomic E-state index is 6.10. The first-order valence-corrected chi connectivity index (χ1v) is 7.71. The van der Waals surface area contributed by atoms with Crippen molar-refractivity contribution in [1.29, 1.82) is 0 Å². The zero-order chi connectivity index (χ0) is 14.7. The fourth-order valence-corrected chi connectivity index (χ4v) is 2.69. The lowest BCUT2D eigenvalue weighted by Crippen LogP contribution is -2.19. The molecule has 0 aliphatic heterocycles. The Labute approximate surface area is 141 Å². The lowest BCUT2D eigenvalue weighted by Gasteiger charge is -2.14. The second kappa shape index (κ2) is 6.76. The molecule has 2 N–H and O–H groups in total. The summed E-state index contributed by atoms with van der Waals surface area (Å²) in [5.41, 5.74) is 2.69. The van der Waals surface area contributed by atoms with E-state index in [1.807, 2.05) is 37.3 Å². The van der Waals surface area contributed by atoms with Crippen molar-refractivity contribution in [1.82, 2.24) is 0 Å². The third-order valence-electron chi connectivity index (χ3n) is 2.64. The Morgan fingerprint density at radius 2 is 1.80 bits per heavy atom. The van der Waals surface area contributed by atoms with Crippen molar-refractivity contribution in [3.05, 3.63) is 56.5 Å².